The highest BCUT2D eigenvalue weighted by atomic mass is 19.2. The molecular formula is C14H17F3N4. The molecular weight excluding hydrogens is 281 g/mol. The van der Waals surface area contributed by atoms with Gasteiger partial charge >= 0.3 is 0 Å². The number of likely N-dealkylation sites (N-methyl/N-ethyl adjacent to an activating group) is 1. The minimum Gasteiger partial charge on any atom is -0.337 e. The zero-order valence-corrected chi connectivity index (χ0v) is 11.9. The van der Waals surface area contributed by atoms with Gasteiger partial charge in [0.25, 0.3) is 0 Å². The van der Waals surface area contributed by atoms with E-state index in [-0.39, 0.29) is 12.1 Å². The van der Waals surface area contributed by atoms with Gasteiger partial charge in [-0.25, -0.2) is 18.2 Å². The van der Waals surface area contributed by atoms with Gasteiger partial charge in [-0.3, -0.25) is 4.90 Å². The van der Waals surface area contributed by atoms with Crippen molar-refractivity contribution < 1.29 is 13.2 Å². The lowest BCUT2D eigenvalue weighted by molar-refractivity contribution is 0.228. The van der Waals surface area contributed by atoms with Crippen LogP contribution in [-0.4, -0.2) is 28.0 Å². The van der Waals surface area contributed by atoms with E-state index in [1.165, 1.54) is 0 Å². The van der Waals surface area contributed by atoms with Crippen molar-refractivity contribution in [2.24, 2.45) is 12.8 Å². The fourth-order valence-corrected chi connectivity index (χ4v) is 2.22. The van der Waals surface area contributed by atoms with Gasteiger partial charge in [-0.1, -0.05) is 0 Å². The molecule has 0 saturated carbocycles. The number of hydrogen-bond donors (Lipinski definition) is 1. The molecule has 7 heteroatoms. The van der Waals surface area contributed by atoms with Gasteiger partial charge in [-0.15, -0.1) is 0 Å². The summed E-state index contributed by atoms with van der Waals surface area (Å²) >= 11 is 0. The van der Waals surface area contributed by atoms with Gasteiger partial charge in [0, 0.05) is 37.6 Å². The first kappa shape index (κ1) is 15.5. The van der Waals surface area contributed by atoms with Crippen LogP contribution in [0.25, 0.3) is 0 Å². The molecule has 1 aromatic carbocycles. The Bertz CT molecular complexity index is 627. The molecule has 114 valence electrons. The summed E-state index contributed by atoms with van der Waals surface area (Å²) in [7, 11) is 3.57. The first-order chi connectivity index (χ1) is 9.93. The zero-order valence-electron chi connectivity index (χ0n) is 11.9. The zero-order chi connectivity index (χ0) is 15.6. The topological polar surface area (TPSA) is 47.1 Å². The lowest BCUT2D eigenvalue weighted by Crippen LogP contribution is -2.32. The third-order valence-electron chi connectivity index (χ3n) is 3.47. The summed E-state index contributed by atoms with van der Waals surface area (Å²) in [6.07, 6.45) is 3.44. The van der Waals surface area contributed by atoms with E-state index in [2.05, 4.69) is 4.98 Å². The summed E-state index contributed by atoms with van der Waals surface area (Å²) in [6.45, 7) is 0.479. The highest BCUT2D eigenvalue weighted by Crippen LogP contribution is 2.25. The molecule has 2 rings (SSSR count). The number of aromatic nitrogens is 2. The van der Waals surface area contributed by atoms with E-state index < -0.39 is 23.5 Å². The number of nitrogens with zero attached hydrogens (tertiary/aromatic N) is 3. The molecule has 0 saturated heterocycles. The molecule has 4 nitrogen and oxygen atoms in total. The van der Waals surface area contributed by atoms with Crippen LogP contribution in [0.15, 0.2) is 24.5 Å². The maximum absolute atomic E-state index is 13.9. The van der Waals surface area contributed by atoms with E-state index in [1.807, 2.05) is 11.6 Å². The van der Waals surface area contributed by atoms with Crippen LogP contribution < -0.4 is 5.73 Å². The van der Waals surface area contributed by atoms with Crippen molar-refractivity contribution in [2.45, 2.75) is 12.6 Å². The van der Waals surface area contributed by atoms with Gasteiger partial charge in [0.1, 0.15) is 11.6 Å². The monoisotopic (exact) mass is 298 g/mol. The lowest BCUT2D eigenvalue weighted by Gasteiger charge is -2.27. The van der Waals surface area contributed by atoms with Crippen molar-refractivity contribution >= 4 is 0 Å². The van der Waals surface area contributed by atoms with Gasteiger partial charge in [0.05, 0.1) is 12.6 Å². The van der Waals surface area contributed by atoms with Crippen LogP contribution in [0.4, 0.5) is 13.2 Å². The fourth-order valence-electron chi connectivity index (χ4n) is 2.22. The van der Waals surface area contributed by atoms with Crippen molar-refractivity contribution in [1.82, 2.24) is 14.5 Å². The molecule has 0 amide bonds. The predicted molar refractivity (Wildman–Crippen MR) is 72.8 cm³/mol. The second kappa shape index (κ2) is 6.28. The average molecular weight is 298 g/mol. The van der Waals surface area contributed by atoms with Gasteiger partial charge < -0.3 is 10.3 Å². The van der Waals surface area contributed by atoms with Gasteiger partial charge in [0.15, 0.2) is 11.6 Å². The van der Waals surface area contributed by atoms with Gasteiger partial charge in [0.2, 0.25) is 0 Å². The Morgan fingerprint density at radius 1 is 1.24 bits per heavy atom. The minimum absolute atomic E-state index is 0.0353. The third-order valence-corrected chi connectivity index (χ3v) is 3.47. The summed E-state index contributed by atoms with van der Waals surface area (Å²) in [5.74, 6) is -2.34. The molecule has 0 aliphatic rings. The van der Waals surface area contributed by atoms with Crippen LogP contribution in [0.3, 0.4) is 0 Å². The lowest BCUT2D eigenvalue weighted by atomic mass is 10.0. The summed E-state index contributed by atoms with van der Waals surface area (Å²) in [6, 6.07) is 0.829. The fraction of sp³-hybridized carbons (Fsp3) is 0.357. The number of nitrogens with two attached hydrogens (primary N) is 1. The molecule has 2 aromatic rings. The van der Waals surface area contributed by atoms with Crippen LogP contribution in [0.2, 0.25) is 0 Å². The maximum Gasteiger partial charge on any atom is 0.161 e. The normalized spacial score (nSPS) is 12.9. The van der Waals surface area contributed by atoms with E-state index in [0.29, 0.717) is 12.6 Å². The Balaban J connectivity index is 2.27. The van der Waals surface area contributed by atoms with Crippen molar-refractivity contribution in [3.63, 3.8) is 0 Å². The first-order valence-corrected chi connectivity index (χ1v) is 6.45. The number of benzene rings is 1. The van der Waals surface area contributed by atoms with Crippen LogP contribution in [0, 0.1) is 17.5 Å². The Morgan fingerprint density at radius 2 is 1.90 bits per heavy atom. The van der Waals surface area contributed by atoms with Crippen LogP contribution in [-0.2, 0) is 13.6 Å². The van der Waals surface area contributed by atoms with Crippen molar-refractivity contribution in [3.05, 3.63) is 53.4 Å². The standard InChI is InChI=1S/C14H17F3N4/c1-20-4-3-19-14(20)8-21(2)13(7-18)9-5-11(16)12(17)6-10(9)15/h3-6,13H,7-8,18H2,1-2H3. The molecule has 1 heterocycles. The van der Waals surface area contributed by atoms with E-state index in [1.54, 1.807) is 24.3 Å². The molecule has 0 spiro atoms. The van der Waals surface area contributed by atoms with Crippen molar-refractivity contribution in [3.8, 4) is 0 Å². The molecule has 1 aromatic heterocycles. The molecule has 0 aliphatic carbocycles. The van der Waals surface area contributed by atoms with Crippen LogP contribution in [0.5, 0.6) is 0 Å². The summed E-state index contributed by atoms with van der Waals surface area (Å²) in [5.41, 5.74) is 5.71. The molecule has 0 aliphatic heterocycles. The van der Waals surface area contributed by atoms with Gasteiger partial charge in [-0.2, -0.15) is 0 Å². The van der Waals surface area contributed by atoms with Crippen molar-refractivity contribution in [1.29, 1.82) is 0 Å². The minimum atomic E-state index is -1.21. The summed E-state index contributed by atoms with van der Waals surface area (Å²) in [4.78, 5) is 5.92. The summed E-state index contributed by atoms with van der Waals surface area (Å²) in [5, 5.41) is 0. The highest BCUT2D eigenvalue weighted by Gasteiger charge is 2.22. The van der Waals surface area contributed by atoms with Crippen LogP contribution >= 0.6 is 0 Å². The highest BCUT2D eigenvalue weighted by molar-refractivity contribution is 5.24. The Labute approximate surface area is 121 Å². The van der Waals surface area contributed by atoms with E-state index in [4.69, 9.17) is 5.73 Å². The Morgan fingerprint density at radius 3 is 2.48 bits per heavy atom. The third kappa shape index (κ3) is 3.25. The first-order valence-electron chi connectivity index (χ1n) is 6.45. The molecule has 1 atom stereocenters. The van der Waals surface area contributed by atoms with E-state index in [9.17, 15) is 13.2 Å². The number of hydrogen-bond acceptors (Lipinski definition) is 3. The predicted octanol–water partition coefficient (Wildman–Crippen LogP) is 1.97. The number of aryl methyl sites for hydroxylation is 1. The Kier molecular flexibility index (Phi) is 4.64. The van der Waals surface area contributed by atoms with E-state index >= 15 is 0 Å². The number of imidazole rings is 1. The van der Waals surface area contributed by atoms with Crippen molar-refractivity contribution in [2.75, 3.05) is 13.6 Å². The SMILES string of the molecule is CN(Cc1nccn1C)C(CN)c1cc(F)c(F)cc1F. The molecule has 0 bridgehead atoms. The molecule has 0 radical (unpaired) electrons. The Hall–Kier alpha value is -1.86. The van der Waals surface area contributed by atoms with Crippen LogP contribution in [0.1, 0.15) is 17.4 Å². The smallest absolute Gasteiger partial charge is 0.161 e. The number of halogens is 3. The molecule has 21 heavy (non-hydrogen) atoms. The largest absolute Gasteiger partial charge is 0.337 e. The second-order valence-electron chi connectivity index (χ2n) is 4.91. The second-order valence-corrected chi connectivity index (χ2v) is 4.91. The summed E-state index contributed by atoms with van der Waals surface area (Å²) < 4.78 is 42.1. The number of rotatable bonds is 5. The maximum atomic E-state index is 13.9. The van der Waals surface area contributed by atoms with Gasteiger partial charge in [-0.05, 0) is 13.1 Å². The quantitative estimate of drug-likeness (QED) is 0.859. The average Bonchev–Trinajstić information content (AvgIpc) is 2.82. The molecule has 2 N–H and O–H groups in total. The molecule has 0 fully saturated rings. The molecule has 1 unspecified atom stereocenters. The van der Waals surface area contributed by atoms with E-state index in [0.717, 1.165) is 11.9 Å².